The molecule has 2 heterocycles. The minimum Gasteiger partial charge on any atom is -0.495 e. The van der Waals surface area contributed by atoms with E-state index in [2.05, 4.69) is 4.90 Å². The summed E-state index contributed by atoms with van der Waals surface area (Å²) in [6, 6.07) is 10.5. The molecule has 1 aliphatic rings. The molecule has 0 bridgehead atoms. The predicted molar refractivity (Wildman–Crippen MR) is 134 cm³/mol. The molecule has 1 saturated heterocycles. The number of ether oxygens (including phenoxy) is 2. The standard InChI is InChI=1S/C24H29N3O5S2/c1-17-6-8-18(9-7-17)34(29,30)16-4-5-21(28)26-12-14-27(15-13-26)24-25-22-19(31-2)10-11-20(32-3)23(22)33-24/h6-11H,4-5,12-16H2,1-3H3. The van der Waals surface area contributed by atoms with E-state index >= 15 is 0 Å². The fourth-order valence-electron chi connectivity index (χ4n) is 3.99. The second kappa shape index (κ2) is 10.2. The SMILES string of the molecule is COc1ccc(OC)c2sc(N3CCN(C(=O)CCCS(=O)(=O)c4ccc(C)cc4)CC3)nc12. The summed E-state index contributed by atoms with van der Waals surface area (Å²) in [6.45, 7) is 4.40. The Morgan fingerprint density at radius 2 is 1.65 bits per heavy atom. The van der Waals surface area contributed by atoms with Crippen molar-refractivity contribution < 1.29 is 22.7 Å². The van der Waals surface area contributed by atoms with E-state index in [0.29, 0.717) is 43.2 Å². The lowest BCUT2D eigenvalue weighted by atomic mass is 10.2. The molecule has 182 valence electrons. The highest BCUT2D eigenvalue weighted by Gasteiger charge is 2.25. The first-order chi connectivity index (χ1) is 16.3. The molecule has 10 heteroatoms. The zero-order valence-corrected chi connectivity index (χ0v) is 21.2. The van der Waals surface area contributed by atoms with Gasteiger partial charge >= 0.3 is 0 Å². The van der Waals surface area contributed by atoms with Crippen molar-refractivity contribution in [2.75, 3.05) is 51.1 Å². The number of aryl methyl sites for hydroxylation is 1. The number of nitrogens with zero attached hydrogens (tertiary/aromatic N) is 3. The number of thiazole rings is 1. The molecule has 0 aliphatic carbocycles. The number of benzene rings is 2. The second-order valence-corrected chi connectivity index (χ2v) is 11.3. The van der Waals surface area contributed by atoms with E-state index in [-0.39, 0.29) is 18.1 Å². The van der Waals surface area contributed by atoms with Crippen LogP contribution in [-0.2, 0) is 14.6 Å². The highest BCUT2D eigenvalue weighted by Crippen LogP contribution is 2.40. The molecule has 1 fully saturated rings. The molecule has 1 aliphatic heterocycles. The van der Waals surface area contributed by atoms with Gasteiger partial charge in [0.2, 0.25) is 5.91 Å². The van der Waals surface area contributed by atoms with Crippen molar-refractivity contribution in [2.24, 2.45) is 0 Å². The van der Waals surface area contributed by atoms with Gasteiger partial charge in [0.1, 0.15) is 21.7 Å². The summed E-state index contributed by atoms with van der Waals surface area (Å²) in [5.41, 5.74) is 1.78. The van der Waals surface area contributed by atoms with Gasteiger partial charge in [-0.15, -0.1) is 0 Å². The number of fused-ring (bicyclic) bond motifs is 1. The molecule has 2 aromatic carbocycles. The van der Waals surface area contributed by atoms with Crippen molar-refractivity contribution >= 4 is 42.4 Å². The molecule has 0 spiro atoms. The molecule has 0 radical (unpaired) electrons. The molecule has 1 amide bonds. The van der Waals surface area contributed by atoms with Gasteiger partial charge in [0.15, 0.2) is 15.0 Å². The maximum atomic E-state index is 12.7. The van der Waals surface area contributed by atoms with Gasteiger partial charge in [-0.05, 0) is 37.6 Å². The number of rotatable bonds is 8. The van der Waals surface area contributed by atoms with Gasteiger partial charge in [-0.25, -0.2) is 13.4 Å². The number of carbonyl (C=O) groups excluding carboxylic acids is 1. The fourth-order valence-corrected chi connectivity index (χ4v) is 6.43. The minimum atomic E-state index is -3.38. The molecule has 0 unspecified atom stereocenters. The third kappa shape index (κ3) is 5.12. The van der Waals surface area contributed by atoms with Crippen molar-refractivity contribution in [3.05, 3.63) is 42.0 Å². The number of sulfone groups is 1. The third-order valence-electron chi connectivity index (χ3n) is 5.99. The van der Waals surface area contributed by atoms with Crippen LogP contribution < -0.4 is 14.4 Å². The van der Waals surface area contributed by atoms with Crippen LogP contribution in [0.15, 0.2) is 41.3 Å². The number of amides is 1. The quantitative estimate of drug-likeness (QED) is 0.465. The van der Waals surface area contributed by atoms with Crippen LogP contribution in [0.4, 0.5) is 5.13 Å². The summed E-state index contributed by atoms with van der Waals surface area (Å²) in [4.78, 5) is 21.7. The Morgan fingerprint density at radius 1 is 1.00 bits per heavy atom. The monoisotopic (exact) mass is 503 g/mol. The van der Waals surface area contributed by atoms with Gasteiger partial charge in [0, 0.05) is 32.6 Å². The highest BCUT2D eigenvalue weighted by atomic mass is 32.2. The predicted octanol–water partition coefficient (Wildman–Crippen LogP) is 3.52. The van der Waals surface area contributed by atoms with Crippen LogP contribution in [0.1, 0.15) is 18.4 Å². The lowest BCUT2D eigenvalue weighted by Crippen LogP contribution is -2.48. The Hall–Kier alpha value is -2.85. The Balaban J connectivity index is 1.32. The molecule has 34 heavy (non-hydrogen) atoms. The average Bonchev–Trinajstić information content (AvgIpc) is 3.29. The first kappa shape index (κ1) is 24.3. The van der Waals surface area contributed by atoms with Crippen molar-refractivity contribution in [3.8, 4) is 11.5 Å². The maximum absolute atomic E-state index is 12.7. The van der Waals surface area contributed by atoms with Crippen molar-refractivity contribution in [1.82, 2.24) is 9.88 Å². The third-order valence-corrected chi connectivity index (χ3v) is 8.93. The van der Waals surface area contributed by atoms with E-state index in [1.807, 2.05) is 24.0 Å². The second-order valence-electron chi connectivity index (χ2n) is 8.25. The largest absolute Gasteiger partial charge is 0.495 e. The minimum absolute atomic E-state index is 0.00797. The number of hydrogen-bond donors (Lipinski definition) is 0. The van der Waals surface area contributed by atoms with Gasteiger partial charge in [0.25, 0.3) is 0 Å². The normalized spacial score (nSPS) is 14.4. The van der Waals surface area contributed by atoms with Crippen molar-refractivity contribution in [1.29, 1.82) is 0 Å². The molecule has 0 atom stereocenters. The van der Waals surface area contributed by atoms with Crippen LogP contribution in [0, 0.1) is 6.92 Å². The van der Waals surface area contributed by atoms with Gasteiger partial charge < -0.3 is 19.3 Å². The molecule has 4 rings (SSSR count). The summed E-state index contributed by atoms with van der Waals surface area (Å²) in [5.74, 6) is 1.42. The summed E-state index contributed by atoms with van der Waals surface area (Å²) >= 11 is 1.55. The van der Waals surface area contributed by atoms with E-state index in [9.17, 15) is 13.2 Å². The molecule has 3 aromatic rings. The topological polar surface area (TPSA) is 89.0 Å². The van der Waals surface area contributed by atoms with E-state index in [1.54, 1.807) is 49.8 Å². The summed E-state index contributed by atoms with van der Waals surface area (Å²) in [7, 11) is -0.121. The lowest BCUT2D eigenvalue weighted by Gasteiger charge is -2.34. The zero-order valence-electron chi connectivity index (χ0n) is 19.6. The van der Waals surface area contributed by atoms with Crippen LogP contribution in [0.3, 0.4) is 0 Å². The number of hydrogen-bond acceptors (Lipinski definition) is 8. The molecule has 0 saturated carbocycles. The molecular formula is C24H29N3O5S2. The van der Waals surface area contributed by atoms with Gasteiger partial charge in [-0.3, -0.25) is 4.79 Å². The lowest BCUT2D eigenvalue weighted by molar-refractivity contribution is -0.131. The Bertz CT molecular complexity index is 1220. The highest BCUT2D eigenvalue weighted by molar-refractivity contribution is 7.91. The Kier molecular flexibility index (Phi) is 7.27. The molecule has 0 N–H and O–H groups in total. The van der Waals surface area contributed by atoms with Gasteiger partial charge in [0.05, 0.1) is 24.9 Å². The fraction of sp³-hybridized carbons (Fsp3) is 0.417. The van der Waals surface area contributed by atoms with Gasteiger partial charge in [-0.1, -0.05) is 29.0 Å². The van der Waals surface area contributed by atoms with E-state index in [1.165, 1.54) is 0 Å². The van der Waals surface area contributed by atoms with E-state index in [4.69, 9.17) is 14.5 Å². The molecule has 1 aromatic heterocycles. The van der Waals surface area contributed by atoms with Crippen LogP contribution in [0.2, 0.25) is 0 Å². The maximum Gasteiger partial charge on any atom is 0.222 e. The zero-order chi connectivity index (χ0) is 24.3. The van der Waals surface area contributed by atoms with E-state index < -0.39 is 9.84 Å². The van der Waals surface area contributed by atoms with Crippen LogP contribution in [-0.4, -0.2) is 70.4 Å². The molecule has 8 nitrogen and oxygen atoms in total. The van der Waals surface area contributed by atoms with Crippen molar-refractivity contribution in [2.45, 2.75) is 24.7 Å². The van der Waals surface area contributed by atoms with Crippen LogP contribution >= 0.6 is 11.3 Å². The first-order valence-corrected chi connectivity index (χ1v) is 13.6. The molecular weight excluding hydrogens is 474 g/mol. The number of piperazine rings is 1. The van der Waals surface area contributed by atoms with Crippen LogP contribution in [0.5, 0.6) is 11.5 Å². The summed E-state index contributed by atoms with van der Waals surface area (Å²) in [5, 5.41) is 0.870. The Morgan fingerprint density at radius 3 is 2.29 bits per heavy atom. The summed E-state index contributed by atoms with van der Waals surface area (Å²) < 4.78 is 36.9. The number of methoxy groups -OCH3 is 2. The van der Waals surface area contributed by atoms with Gasteiger partial charge in [-0.2, -0.15) is 0 Å². The Labute approximate surface area is 204 Å². The summed E-state index contributed by atoms with van der Waals surface area (Å²) in [6.07, 6.45) is 0.535. The van der Waals surface area contributed by atoms with Crippen LogP contribution in [0.25, 0.3) is 10.2 Å². The van der Waals surface area contributed by atoms with Crippen molar-refractivity contribution in [3.63, 3.8) is 0 Å². The number of carbonyl (C=O) groups is 1. The first-order valence-electron chi connectivity index (χ1n) is 11.2. The average molecular weight is 504 g/mol. The number of aromatic nitrogens is 1. The van der Waals surface area contributed by atoms with E-state index in [0.717, 1.165) is 26.7 Å². The number of anilines is 1. The smallest absolute Gasteiger partial charge is 0.222 e.